The van der Waals surface area contributed by atoms with E-state index in [0.717, 1.165) is 11.8 Å². The molecule has 0 aromatic heterocycles. The molecule has 2 rings (SSSR count). The van der Waals surface area contributed by atoms with Crippen LogP contribution in [0.1, 0.15) is 45.6 Å². The topological polar surface area (TPSA) is 96.0 Å². The summed E-state index contributed by atoms with van der Waals surface area (Å²) in [5, 5.41) is 3.40. The van der Waals surface area contributed by atoms with E-state index in [1.54, 1.807) is 36.4 Å². The number of halogens is 1. The zero-order valence-corrected chi connectivity index (χ0v) is 23.1. The van der Waals surface area contributed by atoms with Crippen LogP contribution in [0, 0.1) is 0 Å². The van der Waals surface area contributed by atoms with Gasteiger partial charge in [-0.15, -0.1) is 0 Å². The molecule has 0 heterocycles. The molecule has 0 saturated heterocycles. The van der Waals surface area contributed by atoms with E-state index < -0.39 is 16.1 Å². The second-order valence-corrected chi connectivity index (χ2v) is 11.2. The number of hydrogen-bond donors (Lipinski definition) is 1. The molecular weight excluding hydrogens is 502 g/mol. The van der Waals surface area contributed by atoms with Gasteiger partial charge in [0.25, 0.3) is 0 Å². The fourth-order valence-corrected chi connectivity index (χ4v) is 5.02. The van der Waals surface area contributed by atoms with Crippen LogP contribution in [0.4, 0.5) is 5.69 Å². The van der Waals surface area contributed by atoms with Crippen molar-refractivity contribution < 1.29 is 22.7 Å². The molecule has 0 aliphatic heterocycles. The molecule has 2 aromatic carbocycles. The number of carbonyl (C=O) groups excluding carboxylic acids is 2. The van der Waals surface area contributed by atoms with Crippen molar-refractivity contribution in [3.8, 4) is 5.75 Å². The molecule has 10 heteroatoms. The van der Waals surface area contributed by atoms with Crippen LogP contribution in [0.2, 0.25) is 5.02 Å². The Labute approximate surface area is 219 Å². The van der Waals surface area contributed by atoms with Crippen molar-refractivity contribution in [3.63, 3.8) is 0 Å². The van der Waals surface area contributed by atoms with Gasteiger partial charge in [0.05, 0.1) is 19.1 Å². The van der Waals surface area contributed by atoms with Gasteiger partial charge in [0, 0.05) is 30.6 Å². The average molecular weight is 538 g/mol. The highest BCUT2D eigenvalue weighted by Gasteiger charge is 2.29. The molecule has 2 aromatic rings. The summed E-state index contributed by atoms with van der Waals surface area (Å²) in [5.74, 6) is 0.135. The third-order valence-corrected chi connectivity index (χ3v) is 7.19. The van der Waals surface area contributed by atoms with Crippen LogP contribution < -0.4 is 14.4 Å². The normalized spacial score (nSPS) is 12.2. The molecule has 198 valence electrons. The molecule has 0 aliphatic rings. The van der Waals surface area contributed by atoms with E-state index >= 15 is 0 Å². The van der Waals surface area contributed by atoms with Gasteiger partial charge in [-0.3, -0.25) is 13.9 Å². The first-order valence-electron chi connectivity index (χ1n) is 11.9. The number of benzene rings is 2. The van der Waals surface area contributed by atoms with Gasteiger partial charge in [-0.1, -0.05) is 36.7 Å². The second-order valence-electron chi connectivity index (χ2n) is 8.84. The van der Waals surface area contributed by atoms with Crippen LogP contribution in [0.15, 0.2) is 48.5 Å². The summed E-state index contributed by atoms with van der Waals surface area (Å²) < 4.78 is 31.3. The molecule has 0 fully saturated rings. The molecule has 36 heavy (non-hydrogen) atoms. The standard InChI is InChI=1S/C26H36ClN3O5S/c1-6-24(26(32)28-19(2)3)29(18-20-10-7-8-11-23(20)27)25(31)12-9-17-30(36(5,33)34)21-13-15-22(35-4)16-14-21/h7-8,10-11,13-16,19,24H,6,9,12,17-18H2,1-5H3,(H,28,32)/t24-/m0/s1. The summed E-state index contributed by atoms with van der Waals surface area (Å²) in [6, 6.07) is 13.1. The van der Waals surface area contributed by atoms with Gasteiger partial charge in [-0.25, -0.2) is 8.42 Å². The fraction of sp³-hybridized carbons (Fsp3) is 0.462. The van der Waals surface area contributed by atoms with E-state index in [1.807, 2.05) is 32.9 Å². The molecule has 1 N–H and O–H groups in total. The summed E-state index contributed by atoms with van der Waals surface area (Å²) in [5.41, 5.74) is 1.22. The van der Waals surface area contributed by atoms with Gasteiger partial charge >= 0.3 is 0 Å². The number of rotatable bonds is 13. The van der Waals surface area contributed by atoms with Crippen LogP contribution in [0.5, 0.6) is 5.75 Å². The van der Waals surface area contributed by atoms with Crippen molar-refractivity contribution in [2.75, 3.05) is 24.2 Å². The minimum atomic E-state index is -3.57. The third-order valence-electron chi connectivity index (χ3n) is 5.63. The molecular formula is C26H36ClN3O5S. The average Bonchev–Trinajstić information content (AvgIpc) is 2.81. The van der Waals surface area contributed by atoms with E-state index in [-0.39, 0.29) is 43.8 Å². The zero-order valence-electron chi connectivity index (χ0n) is 21.5. The molecule has 1 atom stereocenters. The number of hydrogen-bond acceptors (Lipinski definition) is 5. The number of anilines is 1. The fourth-order valence-electron chi connectivity index (χ4n) is 3.86. The molecule has 0 unspecified atom stereocenters. The molecule has 0 radical (unpaired) electrons. The lowest BCUT2D eigenvalue weighted by Crippen LogP contribution is -2.50. The molecule has 0 saturated carbocycles. The quantitative estimate of drug-likeness (QED) is 0.412. The number of ether oxygens (including phenoxy) is 1. The van der Waals surface area contributed by atoms with Crippen molar-refractivity contribution in [2.24, 2.45) is 0 Å². The van der Waals surface area contributed by atoms with Gasteiger partial charge in [0.2, 0.25) is 21.8 Å². The number of amides is 2. The monoisotopic (exact) mass is 537 g/mol. The summed E-state index contributed by atoms with van der Waals surface area (Å²) in [4.78, 5) is 27.9. The number of nitrogens with one attached hydrogen (secondary N) is 1. The summed E-state index contributed by atoms with van der Waals surface area (Å²) in [6.07, 6.45) is 1.90. The van der Waals surface area contributed by atoms with Crippen molar-refractivity contribution in [1.82, 2.24) is 10.2 Å². The van der Waals surface area contributed by atoms with Crippen molar-refractivity contribution in [2.45, 2.75) is 58.7 Å². The van der Waals surface area contributed by atoms with Crippen LogP contribution >= 0.6 is 11.6 Å². The number of methoxy groups -OCH3 is 1. The predicted molar refractivity (Wildman–Crippen MR) is 144 cm³/mol. The van der Waals surface area contributed by atoms with E-state index in [9.17, 15) is 18.0 Å². The first kappa shape index (κ1) is 29.5. The van der Waals surface area contributed by atoms with E-state index in [4.69, 9.17) is 16.3 Å². The van der Waals surface area contributed by atoms with Gasteiger partial charge < -0.3 is 15.0 Å². The van der Waals surface area contributed by atoms with Crippen LogP contribution in [-0.4, -0.2) is 57.1 Å². The van der Waals surface area contributed by atoms with Crippen molar-refractivity contribution >= 4 is 39.1 Å². The highest BCUT2D eigenvalue weighted by atomic mass is 35.5. The number of nitrogens with zero attached hydrogens (tertiary/aromatic N) is 2. The number of sulfonamides is 1. The molecule has 0 spiro atoms. The van der Waals surface area contributed by atoms with Crippen molar-refractivity contribution in [3.05, 3.63) is 59.1 Å². The van der Waals surface area contributed by atoms with Crippen LogP contribution in [-0.2, 0) is 26.2 Å². The Bertz CT molecular complexity index is 1120. The second kappa shape index (κ2) is 13.5. The van der Waals surface area contributed by atoms with Gasteiger partial charge in [-0.2, -0.15) is 0 Å². The lowest BCUT2D eigenvalue weighted by Gasteiger charge is -2.32. The Morgan fingerprint density at radius 1 is 1.08 bits per heavy atom. The van der Waals surface area contributed by atoms with E-state index in [0.29, 0.717) is 22.9 Å². The highest BCUT2D eigenvalue weighted by Crippen LogP contribution is 2.23. The highest BCUT2D eigenvalue weighted by molar-refractivity contribution is 7.92. The van der Waals surface area contributed by atoms with Gasteiger partial charge in [-0.05, 0) is 62.6 Å². The summed E-state index contributed by atoms with van der Waals surface area (Å²) >= 11 is 6.35. The molecule has 0 aliphatic carbocycles. The molecule has 2 amide bonds. The Hall–Kier alpha value is -2.78. The Kier molecular flexibility index (Phi) is 11.0. The predicted octanol–water partition coefficient (Wildman–Crippen LogP) is 4.23. The Balaban J connectivity index is 2.22. The van der Waals surface area contributed by atoms with E-state index in [2.05, 4.69) is 5.32 Å². The minimum absolute atomic E-state index is 0.0675. The third kappa shape index (κ3) is 8.41. The lowest BCUT2D eigenvalue weighted by molar-refractivity contribution is -0.141. The van der Waals surface area contributed by atoms with Gasteiger partial charge in [0.15, 0.2) is 0 Å². The minimum Gasteiger partial charge on any atom is -0.497 e. The van der Waals surface area contributed by atoms with E-state index in [1.165, 1.54) is 16.3 Å². The number of carbonyl (C=O) groups is 2. The van der Waals surface area contributed by atoms with Gasteiger partial charge in [0.1, 0.15) is 11.8 Å². The lowest BCUT2D eigenvalue weighted by atomic mass is 10.1. The first-order chi connectivity index (χ1) is 17.0. The first-order valence-corrected chi connectivity index (χ1v) is 14.2. The largest absolute Gasteiger partial charge is 0.497 e. The smallest absolute Gasteiger partial charge is 0.243 e. The maximum atomic E-state index is 13.4. The zero-order chi connectivity index (χ0) is 26.9. The molecule has 0 bridgehead atoms. The SMILES string of the molecule is CC[C@@H](C(=O)NC(C)C)N(Cc1ccccc1Cl)C(=O)CCCN(c1ccc(OC)cc1)S(C)(=O)=O. The van der Waals surface area contributed by atoms with Crippen LogP contribution in [0.25, 0.3) is 0 Å². The maximum Gasteiger partial charge on any atom is 0.243 e. The Morgan fingerprint density at radius 3 is 2.25 bits per heavy atom. The van der Waals surface area contributed by atoms with Crippen LogP contribution in [0.3, 0.4) is 0 Å². The Morgan fingerprint density at radius 2 is 1.72 bits per heavy atom. The molecule has 8 nitrogen and oxygen atoms in total. The van der Waals surface area contributed by atoms with Crippen molar-refractivity contribution in [1.29, 1.82) is 0 Å². The summed E-state index contributed by atoms with van der Waals surface area (Å²) in [6.45, 7) is 5.88. The maximum absolute atomic E-state index is 13.4. The summed E-state index contributed by atoms with van der Waals surface area (Å²) in [7, 11) is -2.04.